The minimum Gasteiger partial charge on any atom is -0.458 e. The molecular formula is C20H26N2O5. The van der Waals surface area contributed by atoms with Gasteiger partial charge in [-0.25, -0.2) is 4.79 Å². The number of hydrogen-bond donors (Lipinski definition) is 1. The number of urea groups is 1. The molecule has 0 radical (unpaired) electrons. The normalized spacial score (nSPS) is 28.2. The smallest absolute Gasteiger partial charge is 0.326 e. The van der Waals surface area contributed by atoms with E-state index in [1.54, 1.807) is 26.2 Å². The molecular weight excluding hydrogens is 348 g/mol. The Morgan fingerprint density at radius 2 is 1.81 bits per heavy atom. The zero-order chi connectivity index (χ0) is 19.6. The molecule has 0 aromatic heterocycles. The van der Waals surface area contributed by atoms with Crippen LogP contribution in [-0.2, 0) is 24.6 Å². The molecule has 146 valence electrons. The molecule has 1 aromatic carbocycles. The number of nitrogens with one attached hydrogen (secondary N) is 1. The first-order valence-electron chi connectivity index (χ1n) is 9.28. The molecule has 7 heteroatoms. The Hall–Kier alpha value is -2.41. The Bertz CT molecular complexity index is 732. The van der Waals surface area contributed by atoms with Crippen LogP contribution in [-0.4, -0.2) is 48.7 Å². The molecule has 1 saturated heterocycles. The maximum atomic E-state index is 12.9. The predicted octanol–water partition coefficient (Wildman–Crippen LogP) is 2.26. The lowest BCUT2D eigenvalue weighted by molar-refractivity contribution is -0.161. The minimum atomic E-state index is -1.19. The number of aryl methyl sites for hydroxylation is 1. The molecule has 0 spiro atoms. The standard InChI is InChI=1S/C20H26N2O5/c1-13-8-10-14(11-9-13)20(2)18(24)22(19(25)21-20)12-17(23)27-16-7-5-4-6-15(16)26-3/h8-11,15-16H,4-7,12H2,1-3H3,(H,21,25)/t15-,16+,20+/m1/s1. The number of ether oxygens (including phenoxy) is 2. The van der Waals surface area contributed by atoms with Crippen LogP contribution in [0.2, 0.25) is 0 Å². The van der Waals surface area contributed by atoms with E-state index in [9.17, 15) is 14.4 Å². The van der Waals surface area contributed by atoms with Crippen LogP contribution in [0.5, 0.6) is 0 Å². The van der Waals surface area contributed by atoms with Crippen molar-refractivity contribution < 1.29 is 23.9 Å². The van der Waals surface area contributed by atoms with Gasteiger partial charge in [-0.3, -0.25) is 14.5 Å². The summed E-state index contributed by atoms with van der Waals surface area (Å²) in [5, 5.41) is 2.70. The van der Waals surface area contributed by atoms with Crippen LogP contribution in [0.15, 0.2) is 24.3 Å². The summed E-state index contributed by atoms with van der Waals surface area (Å²) in [4.78, 5) is 38.5. The maximum Gasteiger partial charge on any atom is 0.326 e. The molecule has 2 aliphatic rings. The zero-order valence-corrected chi connectivity index (χ0v) is 16.0. The highest BCUT2D eigenvalue weighted by atomic mass is 16.6. The molecule has 3 amide bonds. The average molecular weight is 374 g/mol. The summed E-state index contributed by atoms with van der Waals surface area (Å²) in [7, 11) is 1.60. The Labute approximate surface area is 159 Å². The molecule has 3 rings (SSSR count). The van der Waals surface area contributed by atoms with Crippen molar-refractivity contribution in [3.05, 3.63) is 35.4 Å². The lowest BCUT2D eigenvalue weighted by Gasteiger charge is -2.30. The van der Waals surface area contributed by atoms with E-state index >= 15 is 0 Å². The third-order valence-corrected chi connectivity index (χ3v) is 5.42. The third-order valence-electron chi connectivity index (χ3n) is 5.42. The highest BCUT2D eigenvalue weighted by Gasteiger charge is 2.49. The van der Waals surface area contributed by atoms with Gasteiger partial charge in [-0.05, 0) is 38.7 Å². The molecule has 1 aromatic rings. The van der Waals surface area contributed by atoms with Gasteiger partial charge < -0.3 is 14.8 Å². The first-order valence-corrected chi connectivity index (χ1v) is 9.28. The molecule has 7 nitrogen and oxygen atoms in total. The van der Waals surface area contributed by atoms with E-state index in [0.29, 0.717) is 5.56 Å². The molecule has 3 atom stereocenters. The first kappa shape index (κ1) is 19.4. The number of amides is 3. The summed E-state index contributed by atoms with van der Waals surface area (Å²) < 4.78 is 10.9. The van der Waals surface area contributed by atoms with Crippen molar-refractivity contribution in [1.29, 1.82) is 0 Å². The second kappa shape index (κ2) is 7.68. The van der Waals surface area contributed by atoms with E-state index < -0.39 is 30.0 Å². The number of rotatable bonds is 5. The van der Waals surface area contributed by atoms with E-state index in [1.807, 2.05) is 19.1 Å². The number of carbonyl (C=O) groups excluding carboxylic acids is 3. The molecule has 1 aliphatic carbocycles. The molecule has 0 bridgehead atoms. The Balaban J connectivity index is 1.68. The highest BCUT2D eigenvalue weighted by Crippen LogP contribution is 2.29. The van der Waals surface area contributed by atoms with Crippen molar-refractivity contribution in [3.63, 3.8) is 0 Å². The van der Waals surface area contributed by atoms with E-state index in [-0.39, 0.29) is 12.2 Å². The van der Waals surface area contributed by atoms with Gasteiger partial charge in [0.2, 0.25) is 0 Å². The summed E-state index contributed by atoms with van der Waals surface area (Å²) in [6.07, 6.45) is 3.10. The quantitative estimate of drug-likeness (QED) is 0.631. The van der Waals surface area contributed by atoms with Gasteiger partial charge in [0.05, 0.1) is 6.10 Å². The molecule has 1 saturated carbocycles. The monoisotopic (exact) mass is 374 g/mol. The van der Waals surface area contributed by atoms with Crippen LogP contribution in [0.4, 0.5) is 4.79 Å². The van der Waals surface area contributed by atoms with Gasteiger partial charge in [0.1, 0.15) is 18.2 Å². The summed E-state index contributed by atoms with van der Waals surface area (Å²) in [5.74, 6) is -1.05. The molecule has 1 heterocycles. The number of nitrogens with zero attached hydrogens (tertiary/aromatic N) is 1. The van der Waals surface area contributed by atoms with Crippen molar-refractivity contribution in [3.8, 4) is 0 Å². The van der Waals surface area contributed by atoms with Crippen LogP contribution in [0, 0.1) is 6.92 Å². The van der Waals surface area contributed by atoms with E-state index in [2.05, 4.69) is 5.32 Å². The number of benzene rings is 1. The molecule has 2 fully saturated rings. The van der Waals surface area contributed by atoms with Gasteiger partial charge in [-0.2, -0.15) is 0 Å². The Kier molecular flexibility index (Phi) is 5.51. The van der Waals surface area contributed by atoms with E-state index in [1.165, 1.54) is 0 Å². The minimum absolute atomic E-state index is 0.136. The van der Waals surface area contributed by atoms with Gasteiger partial charge >= 0.3 is 12.0 Å². The van der Waals surface area contributed by atoms with Crippen molar-refractivity contribution in [2.45, 2.75) is 57.3 Å². The summed E-state index contributed by atoms with van der Waals surface area (Å²) in [5.41, 5.74) is 0.541. The number of methoxy groups -OCH3 is 1. The average Bonchev–Trinajstić information content (AvgIpc) is 2.86. The topological polar surface area (TPSA) is 84.9 Å². The van der Waals surface area contributed by atoms with Crippen molar-refractivity contribution in [1.82, 2.24) is 10.2 Å². The molecule has 27 heavy (non-hydrogen) atoms. The Morgan fingerprint density at radius 3 is 2.44 bits per heavy atom. The van der Waals surface area contributed by atoms with Crippen LogP contribution in [0.25, 0.3) is 0 Å². The zero-order valence-electron chi connectivity index (χ0n) is 16.0. The third kappa shape index (κ3) is 3.83. The second-order valence-corrected chi connectivity index (χ2v) is 7.40. The molecule has 0 unspecified atom stereocenters. The van der Waals surface area contributed by atoms with Crippen LogP contribution >= 0.6 is 0 Å². The SMILES string of the molecule is CO[C@@H]1CCCC[C@@H]1OC(=O)CN1C(=O)N[C@@](C)(c2ccc(C)cc2)C1=O. The lowest BCUT2D eigenvalue weighted by Crippen LogP contribution is -2.43. The summed E-state index contributed by atoms with van der Waals surface area (Å²) >= 11 is 0. The maximum absolute atomic E-state index is 12.9. The summed E-state index contributed by atoms with van der Waals surface area (Å²) in [6.45, 7) is 3.19. The van der Waals surface area contributed by atoms with E-state index in [0.717, 1.165) is 36.1 Å². The van der Waals surface area contributed by atoms with Crippen LogP contribution in [0.3, 0.4) is 0 Å². The number of esters is 1. The van der Waals surface area contributed by atoms with Gasteiger partial charge in [-0.1, -0.05) is 36.2 Å². The van der Waals surface area contributed by atoms with Crippen LogP contribution in [0.1, 0.15) is 43.7 Å². The van der Waals surface area contributed by atoms with Gasteiger partial charge in [0.25, 0.3) is 5.91 Å². The largest absolute Gasteiger partial charge is 0.458 e. The predicted molar refractivity (Wildman–Crippen MR) is 97.9 cm³/mol. The second-order valence-electron chi connectivity index (χ2n) is 7.40. The van der Waals surface area contributed by atoms with Crippen LogP contribution < -0.4 is 5.32 Å². The fourth-order valence-electron chi connectivity index (χ4n) is 3.73. The van der Waals surface area contributed by atoms with Gasteiger partial charge in [-0.15, -0.1) is 0 Å². The number of carbonyl (C=O) groups is 3. The molecule has 1 N–H and O–H groups in total. The Morgan fingerprint density at radius 1 is 1.19 bits per heavy atom. The highest BCUT2D eigenvalue weighted by molar-refractivity contribution is 6.08. The number of hydrogen-bond acceptors (Lipinski definition) is 5. The van der Waals surface area contributed by atoms with Crippen molar-refractivity contribution in [2.24, 2.45) is 0 Å². The fourth-order valence-corrected chi connectivity index (χ4v) is 3.73. The van der Waals surface area contributed by atoms with E-state index in [4.69, 9.17) is 9.47 Å². The van der Waals surface area contributed by atoms with Crippen molar-refractivity contribution >= 4 is 17.9 Å². The van der Waals surface area contributed by atoms with Gasteiger partial charge in [0.15, 0.2) is 0 Å². The van der Waals surface area contributed by atoms with Gasteiger partial charge in [0, 0.05) is 7.11 Å². The summed E-state index contributed by atoms with van der Waals surface area (Å²) in [6, 6.07) is 6.78. The lowest BCUT2D eigenvalue weighted by atomic mass is 9.91. The fraction of sp³-hybridized carbons (Fsp3) is 0.550. The first-order chi connectivity index (χ1) is 12.8. The number of imide groups is 1. The molecule has 1 aliphatic heterocycles. The van der Waals surface area contributed by atoms with Crippen molar-refractivity contribution in [2.75, 3.05) is 13.7 Å².